The molecule has 2 aliphatic rings. The number of aryl methyl sites for hydroxylation is 2. The normalized spacial score (nSPS) is 25.6. The molecule has 0 aromatic heterocycles. The molecule has 92 valence electrons. The van der Waals surface area contributed by atoms with Crippen LogP contribution in [0.25, 0.3) is 0 Å². The average molecular weight is 248 g/mol. The molecule has 2 heteroatoms. The molecule has 1 heterocycles. The molecular formula is C15H20OS. The molecule has 0 radical (unpaired) electrons. The molecule has 1 aromatic carbocycles. The van der Waals surface area contributed by atoms with Crippen molar-refractivity contribution in [2.75, 3.05) is 5.75 Å². The van der Waals surface area contributed by atoms with Gasteiger partial charge in [-0.3, -0.25) is 0 Å². The number of aliphatic hydroxyl groups is 1. The second-order valence-electron chi connectivity index (χ2n) is 5.23. The van der Waals surface area contributed by atoms with Crippen LogP contribution >= 0.6 is 11.8 Å². The first kappa shape index (κ1) is 11.6. The van der Waals surface area contributed by atoms with Crippen molar-refractivity contribution in [3.8, 4) is 0 Å². The van der Waals surface area contributed by atoms with Crippen molar-refractivity contribution in [3.63, 3.8) is 0 Å². The van der Waals surface area contributed by atoms with Gasteiger partial charge in [0.25, 0.3) is 0 Å². The summed E-state index contributed by atoms with van der Waals surface area (Å²) in [6.45, 7) is 0. The molecule has 17 heavy (non-hydrogen) atoms. The minimum absolute atomic E-state index is 0.258. The van der Waals surface area contributed by atoms with Gasteiger partial charge < -0.3 is 5.11 Å². The fourth-order valence-corrected chi connectivity index (χ4v) is 4.35. The molecule has 1 aliphatic carbocycles. The summed E-state index contributed by atoms with van der Waals surface area (Å²) in [5.74, 6) is 1.21. The zero-order valence-electron chi connectivity index (χ0n) is 10.2. The third kappa shape index (κ3) is 2.38. The van der Waals surface area contributed by atoms with E-state index in [1.807, 2.05) is 11.8 Å². The van der Waals surface area contributed by atoms with Gasteiger partial charge in [0.2, 0.25) is 0 Å². The zero-order chi connectivity index (χ0) is 11.7. The van der Waals surface area contributed by atoms with E-state index in [0.29, 0.717) is 5.25 Å². The van der Waals surface area contributed by atoms with E-state index in [9.17, 15) is 5.11 Å². The van der Waals surface area contributed by atoms with Gasteiger partial charge in [-0.2, -0.15) is 11.8 Å². The molecule has 1 saturated heterocycles. The van der Waals surface area contributed by atoms with Gasteiger partial charge in [-0.1, -0.05) is 24.6 Å². The average Bonchev–Trinajstić information content (AvgIpc) is 2.86. The fourth-order valence-electron chi connectivity index (χ4n) is 3.01. The van der Waals surface area contributed by atoms with Gasteiger partial charge in [-0.25, -0.2) is 0 Å². The van der Waals surface area contributed by atoms with E-state index in [-0.39, 0.29) is 6.10 Å². The highest BCUT2D eigenvalue weighted by molar-refractivity contribution is 7.99. The third-order valence-electron chi connectivity index (χ3n) is 4.03. The first-order chi connectivity index (χ1) is 8.34. The van der Waals surface area contributed by atoms with Crippen LogP contribution in [0.15, 0.2) is 18.2 Å². The summed E-state index contributed by atoms with van der Waals surface area (Å²) in [4.78, 5) is 0. The highest BCUT2D eigenvalue weighted by Crippen LogP contribution is 2.36. The van der Waals surface area contributed by atoms with E-state index in [2.05, 4.69) is 18.2 Å². The van der Waals surface area contributed by atoms with Crippen LogP contribution in [-0.2, 0) is 12.8 Å². The zero-order valence-corrected chi connectivity index (χ0v) is 11.0. The van der Waals surface area contributed by atoms with Crippen molar-refractivity contribution in [2.45, 2.75) is 49.9 Å². The van der Waals surface area contributed by atoms with Crippen LogP contribution in [0.5, 0.6) is 0 Å². The van der Waals surface area contributed by atoms with Gasteiger partial charge in [0, 0.05) is 5.25 Å². The number of hydrogen-bond acceptors (Lipinski definition) is 2. The minimum Gasteiger partial charge on any atom is -0.387 e. The highest BCUT2D eigenvalue weighted by Gasteiger charge is 2.24. The molecular weight excluding hydrogens is 228 g/mol. The summed E-state index contributed by atoms with van der Waals surface area (Å²) in [6, 6.07) is 6.63. The topological polar surface area (TPSA) is 20.2 Å². The van der Waals surface area contributed by atoms with Crippen molar-refractivity contribution in [1.29, 1.82) is 0 Å². The van der Waals surface area contributed by atoms with Gasteiger partial charge in [0.15, 0.2) is 0 Å². The minimum atomic E-state index is -0.258. The van der Waals surface area contributed by atoms with E-state index in [1.54, 1.807) is 0 Å². The lowest BCUT2D eigenvalue weighted by molar-refractivity contribution is 0.168. The molecule has 0 amide bonds. The van der Waals surface area contributed by atoms with Crippen molar-refractivity contribution < 1.29 is 5.11 Å². The predicted molar refractivity (Wildman–Crippen MR) is 73.5 cm³/mol. The Morgan fingerprint density at radius 3 is 2.82 bits per heavy atom. The second kappa shape index (κ2) is 5.03. The molecule has 0 spiro atoms. The molecule has 3 rings (SSSR count). The van der Waals surface area contributed by atoms with Gasteiger partial charge in [-0.05, 0) is 54.5 Å². The van der Waals surface area contributed by atoms with Gasteiger partial charge >= 0.3 is 0 Å². The molecule has 1 nitrogen and oxygen atoms in total. The second-order valence-corrected chi connectivity index (χ2v) is 6.58. The molecule has 1 N–H and O–H groups in total. The molecule has 1 aromatic rings. The van der Waals surface area contributed by atoms with Crippen LogP contribution < -0.4 is 0 Å². The Morgan fingerprint density at radius 1 is 1.12 bits per heavy atom. The first-order valence-electron chi connectivity index (χ1n) is 6.76. The van der Waals surface area contributed by atoms with Crippen molar-refractivity contribution in [2.24, 2.45) is 0 Å². The van der Waals surface area contributed by atoms with Crippen LogP contribution in [0.4, 0.5) is 0 Å². The van der Waals surface area contributed by atoms with Crippen LogP contribution in [0.3, 0.4) is 0 Å². The monoisotopic (exact) mass is 248 g/mol. The van der Waals surface area contributed by atoms with Crippen molar-refractivity contribution in [1.82, 2.24) is 0 Å². The SMILES string of the molecule is OC(c1ccc2c(c1)CCC2)C1CCCCS1. The maximum absolute atomic E-state index is 10.5. The van der Waals surface area contributed by atoms with Gasteiger partial charge in [0.1, 0.15) is 0 Å². The maximum Gasteiger partial charge on any atom is 0.0908 e. The Labute approximate surface area is 108 Å². The summed E-state index contributed by atoms with van der Waals surface area (Å²) >= 11 is 1.95. The maximum atomic E-state index is 10.5. The Bertz CT molecular complexity index is 396. The first-order valence-corrected chi connectivity index (χ1v) is 7.81. The summed E-state index contributed by atoms with van der Waals surface area (Å²) in [6.07, 6.45) is 7.22. The van der Waals surface area contributed by atoms with Crippen LogP contribution in [0.2, 0.25) is 0 Å². The van der Waals surface area contributed by atoms with Crippen LogP contribution in [0.1, 0.15) is 48.5 Å². The van der Waals surface area contributed by atoms with Gasteiger partial charge in [0.05, 0.1) is 6.10 Å². The Morgan fingerprint density at radius 2 is 2.00 bits per heavy atom. The predicted octanol–water partition coefficient (Wildman–Crippen LogP) is 3.49. The molecule has 2 atom stereocenters. The number of hydrogen-bond donors (Lipinski definition) is 1. The summed E-state index contributed by atoms with van der Waals surface area (Å²) < 4.78 is 0. The van der Waals surface area contributed by atoms with Crippen molar-refractivity contribution in [3.05, 3.63) is 34.9 Å². The number of thioether (sulfide) groups is 1. The summed E-state index contributed by atoms with van der Waals surface area (Å²) in [7, 11) is 0. The summed E-state index contributed by atoms with van der Waals surface area (Å²) in [5.41, 5.74) is 4.12. The van der Waals surface area contributed by atoms with Crippen molar-refractivity contribution >= 4 is 11.8 Å². The summed E-state index contributed by atoms with van der Waals surface area (Å²) in [5, 5.41) is 10.9. The molecule has 1 aliphatic heterocycles. The standard InChI is InChI=1S/C15H20OS/c16-15(14-6-1-2-9-17-14)13-8-7-11-4-3-5-12(11)10-13/h7-8,10,14-16H,1-6,9H2. The molecule has 0 saturated carbocycles. The molecule has 0 bridgehead atoms. The molecule has 2 unspecified atom stereocenters. The largest absolute Gasteiger partial charge is 0.387 e. The molecule has 1 fully saturated rings. The fraction of sp³-hybridized carbons (Fsp3) is 0.600. The van der Waals surface area contributed by atoms with E-state index < -0.39 is 0 Å². The highest BCUT2D eigenvalue weighted by atomic mass is 32.2. The van der Waals surface area contributed by atoms with Crippen LogP contribution in [0, 0.1) is 0 Å². The Balaban J connectivity index is 1.78. The number of aliphatic hydroxyl groups excluding tert-OH is 1. The Kier molecular flexibility index (Phi) is 3.44. The Hall–Kier alpha value is -0.470. The lowest BCUT2D eigenvalue weighted by Gasteiger charge is -2.26. The number of benzene rings is 1. The van der Waals surface area contributed by atoms with E-state index in [0.717, 1.165) is 5.56 Å². The lowest BCUT2D eigenvalue weighted by Crippen LogP contribution is -2.19. The third-order valence-corrected chi connectivity index (χ3v) is 5.48. The number of fused-ring (bicyclic) bond motifs is 1. The van der Waals surface area contributed by atoms with Crippen LogP contribution in [-0.4, -0.2) is 16.1 Å². The quantitative estimate of drug-likeness (QED) is 0.864. The van der Waals surface area contributed by atoms with E-state index >= 15 is 0 Å². The lowest BCUT2D eigenvalue weighted by atomic mass is 9.98. The number of rotatable bonds is 2. The smallest absolute Gasteiger partial charge is 0.0908 e. The van der Waals surface area contributed by atoms with E-state index in [1.165, 1.54) is 55.4 Å². The van der Waals surface area contributed by atoms with Gasteiger partial charge in [-0.15, -0.1) is 0 Å². The van der Waals surface area contributed by atoms with E-state index in [4.69, 9.17) is 0 Å².